The third-order valence-electron chi connectivity index (χ3n) is 2.99. The van der Waals surface area contributed by atoms with Gasteiger partial charge in [0.15, 0.2) is 0 Å². The van der Waals surface area contributed by atoms with Gasteiger partial charge < -0.3 is 19.7 Å². The molecule has 1 aliphatic rings. The van der Waals surface area contributed by atoms with Crippen LogP contribution in [0.3, 0.4) is 0 Å². The van der Waals surface area contributed by atoms with Crippen molar-refractivity contribution in [2.45, 2.75) is 52.2 Å². The van der Waals surface area contributed by atoms with Crippen molar-refractivity contribution >= 4 is 12.1 Å². The van der Waals surface area contributed by atoms with E-state index in [9.17, 15) is 9.59 Å². The van der Waals surface area contributed by atoms with Crippen molar-refractivity contribution in [1.82, 2.24) is 10.2 Å². The molecule has 1 heterocycles. The average Bonchev–Trinajstić information content (AvgIpc) is 2.35. The van der Waals surface area contributed by atoms with E-state index in [0.717, 1.165) is 12.8 Å². The molecule has 6 heteroatoms. The molecule has 1 amide bonds. The van der Waals surface area contributed by atoms with Crippen LogP contribution in [-0.2, 0) is 14.3 Å². The van der Waals surface area contributed by atoms with Gasteiger partial charge in [-0.1, -0.05) is 0 Å². The largest absolute Gasteiger partial charge is 0.465 e. The number of likely N-dealkylation sites (tertiary alicyclic amines) is 1. The summed E-state index contributed by atoms with van der Waals surface area (Å²) in [5.41, 5.74) is -0.462. The predicted molar refractivity (Wildman–Crippen MR) is 75.5 cm³/mol. The Labute approximate surface area is 120 Å². The lowest BCUT2D eigenvalue weighted by molar-refractivity contribution is -0.142. The van der Waals surface area contributed by atoms with Gasteiger partial charge in [-0.15, -0.1) is 0 Å². The molecule has 0 atom stereocenters. The van der Waals surface area contributed by atoms with Crippen LogP contribution in [0.15, 0.2) is 0 Å². The molecule has 1 fully saturated rings. The molecule has 0 aromatic carbocycles. The van der Waals surface area contributed by atoms with Crippen LogP contribution < -0.4 is 5.32 Å². The Kier molecular flexibility index (Phi) is 6.26. The predicted octanol–water partition coefficient (Wildman–Crippen LogP) is 1.54. The first kappa shape index (κ1) is 16.8. The second-order valence-corrected chi connectivity index (χ2v) is 5.93. The van der Waals surface area contributed by atoms with Crippen LogP contribution in [0.4, 0.5) is 4.79 Å². The first-order valence-electron chi connectivity index (χ1n) is 7.18. The van der Waals surface area contributed by atoms with Crippen molar-refractivity contribution in [3.63, 3.8) is 0 Å². The van der Waals surface area contributed by atoms with E-state index < -0.39 is 5.60 Å². The summed E-state index contributed by atoms with van der Waals surface area (Å²) in [4.78, 5) is 24.8. The third kappa shape index (κ3) is 6.23. The highest BCUT2D eigenvalue weighted by atomic mass is 16.6. The zero-order valence-corrected chi connectivity index (χ0v) is 12.9. The van der Waals surface area contributed by atoms with Gasteiger partial charge >= 0.3 is 12.1 Å². The van der Waals surface area contributed by atoms with E-state index in [1.165, 1.54) is 0 Å². The van der Waals surface area contributed by atoms with E-state index in [2.05, 4.69) is 5.32 Å². The molecular weight excluding hydrogens is 260 g/mol. The summed E-state index contributed by atoms with van der Waals surface area (Å²) in [6, 6.07) is 0.248. The lowest BCUT2D eigenvalue weighted by Gasteiger charge is -2.33. The van der Waals surface area contributed by atoms with E-state index in [1.807, 2.05) is 20.8 Å². The van der Waals surface area contributed by atoms with Gasteiger partial charge in [0.05, 0.1) is 13.2 Å². The molecule has 0 spiro atoms. The summed E-state index contributed by atoms with van der Waals surface area (Å²) in [5.74, 6) is -0.234. The highest BCUT2D eigenvalue weighted by Gasteiger charge is 2.26. The number of ether oxygens (including phenoxy) is 2. The van der Waals surface area contributed by atoms with Crippen LogP contribution in [0, 0.1) is 0 Å². The zero-order chi connectivity index (χ0) is 15.2. The number of rotatable bonds is 4. The highest BCUT2D eigenvalue weighted by Crippen LogP contribution is 2.15. The van der Waals surface area contributed by atoms with Crippen LogP contribution in [0.1, 0.15) is 40.5 Å². The summed E-state index contributed by atoms with van der Waals surface area (Å²) < 4.78 is 10.2. The Morgan fingerprint density at radius 1 is 1.25 bits per heavy atom. The fourth-order valence-corrected chi connectivity index (χ4v) is 2.03. The smallest absolute Gasteiger partial charge is 0.410 e. The molecule has 1 rings (SSSR count). The number of carbonyl (C=O) groups excluding carboxylic acids is 2. The molecule has 20 heavy (non-hydrogen) atoms. The molecule has 0 radical (unpaired) electrons. The van der Waals surface area contributed by atoms with Crippen LogP contribution in [0.5, 0.6) is 0 Å². The maximum absolute atomic E-state index is 11.9. The summed E-state index contributed by atoms with van der Waals surface area (Å²) >= 11 is 0. The monoisotopic (exact) mass is 286 g/mol. The van der Waals surface area contributed by atoms with E-state index in [0.29, 0.717) is 19.7 Å². The molecule has 0 bridgehead atoms. The number of carbonyl (C=O) groups is 2. The number of hydrogen-bond acceptors (Lipinski definition) is 5. The summed E-state index contributed by atoms with van der Waals surface area (Å²) in [6.07, 6.45) is 1.37. The standard InChI is InChI=1S/C14H26N2O4/c1-5-19-12(17)10-15-11-6-8-16(9-7-11)13(18)20-14(2,3)4/h11,15H,5-10H2,1-4H3. The number of hydrogen-bond donors (Lipinski definition) is 1. The third-order valence-corrected chi connectivity index (χ3v) is 2.99. The van der Waals surface area contributed by atoms with Gasteiger partial charge in [-0.3, -0.25) is 4.79 Å². The topological polar surface area (TPSA) is 67.9 Å². The van der Waals surface area contributed by atoms with E-state index in [1.54, 1.807) is 11.8 Å². The summed E-state index contributed by atoms with van der Waals surface area (Å²) in [7, 11) is 0. The maximum atomic E-state index is 11.9. The lowest BCUT2D eigenvalue weighted by atomic mass is 10.1. The molecule has 116 valence electrons. The van der Waals surface area contributed by atoms with E-state index >= 15 is 0 Å². The zero-order valence-electron chi connectivity index (χ0n) is 12.9. The Bertz CT molecular complexity index is 331. The highest BCUT2D eigenvalue weighted by molar-refractivity contribution is 5.71. The van der Waals surface area contributed by atoms with Gasteiger partial charge in [-0.2, -0.15) is 0 Å². The molecule has 6 nitrogen and oxygen atoms in total. The molecule has 0 saturated carbocycles. The lowest BCUT2D eigenvalue weighted by Crippen LogP contribution is -2.47. The van der Waals surface area contributed by atoms with E-state index in [4.69, 9.17) is 9.47 Å². The van der Waals surface area contributed by atoms with Crippen molar-refractivity contribution in [3.8, 4) is 0 Å². The van der Waals surface area contributed by atoms with E-state index in [-0.39, 0.29) is 24.6 Å². The van der Waals surface area contributed by atoms with Crippen LogP contribution in [0.2, 0.25) is 0 Å². The van der Waals surface area contributed by atoms with Crippen LogP contribution >= 0.6 is 0 Å². The SMILES string of the molecule is CCOC(=O)CNC1CCN(C(=O)OC(C)(C)C)CC1. The number of piperidine rings is 1. The van der Waals surface area contributed by atoms with Gasteiger partial charge in [-0.05, 0) is 40.5 Å². The second-order valence-electron chi connectivity index (χ2n) is 5.93. The second kappa shape index (κ2) is 7.47. The minimum atomic E-state index is -0.462. The minimum absolute atomic E-state index is 0.227. The van der Waals surface area contributed by atoms with Crippen molar-refractivity contribution in [2.75, 3.05) is 26.2 Å². The van der Waals surface area contributed by atoms with Crippen molar-refractivity contribution < 1.29 is 19.1 Å². The Balaban J connectivity index is 2.26. The van der Waals surface area contributed by atoms with Crippen LogP contribution in [-0.4, -0.2) is 54.8 Å². The minimum Gasteiger partial charge on any atom is -0.465 e. The maximum Gasteiger partial charge on any atom is 0.410 e. The van der Waals surface area contributed by atoms with Gasteiger partial charge in [0.2, 0.25) is 0 Å². The molecule has 0 aliphatic carbocycles. The normalized spacial score (nSPS) is 16.9. The van der Waals surface area contributed by atoms with Gasteiger partial charge in [0.1, 0.15) is 5.60 Å². The molecule has 0 unspecified atom stereocenters. The van der Waals surface area contributed by atoms with Gasteiger partial charge in [-0.25, -0.2) is 4.79 Å². The first-order valence-corrected chi connectivity index (χ1v) is 7.18. The molecular formula is C14H26N2O4. The quantitative estimate of drug-likeness (QED) is 0.794. The average molecular weight is 286 g/mol. The first-order chi connectivity index (χ1) is 9.31. The fourth-order valence-electron chi connectivity index (χ4n) is 2.03. The number of nitrogens with one attached hydrogen (secondary N) is 1. The molecule has 0 aromatic rings. The Morgan fingerprint density at radius 2 is 1.85 bits per heavy atom. The van der Waals surface area contributed by atoms with Gasteiger partial charge in [0.25, 0.3) is 0 Å². The molecule has 0 aromatic heterocycles. The fraction of sp³-hybridized carbons (Fsp3) is 0.857. The number of amides is 1. The molecule has 1 aliphatic heterocycles. The van der Waals surface area contributed by atoms with Crippen molar-refractivity contribution in [2.24, 2.45) is 0 Å². The van der Waals surface area contributed by atoms with Crippen LogP contribution in [0.25, 0.3) is 0 Å². The van der Waals surface area contributed by atoms with Crippen molar-refractivity contribution in [1.29, 1.82) is 0 Å². The Hall–Kier alpha value is -1.30. The van der Waals surface area contributed by atoms with Crippen molar-refractivity contribution in [3.05, 3.63) is 0 Å². The molecule has 1 saturated heterocycles. The summed E-state index contributed by atoms with van der Waals surface area (Å²) in [5, 5.41) is 3.16. The number of nitrogens with zero attached hydrogens (tertiary/aromatic N) is 1. The summed E-state index contributed by atoms with van der Waals surface area (Å²) in [6.45, 7) is 9.29. The Morgan fingerprint density at radius 3 is 2.35 bits per heavy atom. The van der Waals surface area contributed by atoms with Gasteiger partial charge in [0, 0.05) is 19.1 Å². The molecule has 1 N–H and O–H groups in total. The number of esters is 1.